The van der Waals surface area contributed by atoms with E-state index in [0.717, 1.165) is 11.1 Å². The molecule has 0 spiro atoms. The topological polar surface area (TPSA) is 61.6 Å². The molecule has 1 aromatic heterocycles. The molecule has 2 aromatic carbocycles. The third-order valence-corrected chi connectivity index (χ3v) is 4.24. The molecule has 0 atom stereocenters. The molecule has 134 valence electrons. The Morgan fingerprint density at radius 1 is 1.15 bits per heavy atom. The lowest BCUT2D eigenvalue weighted by Crippen LogP contribution is -2.05. The lowest BCUT2D eigenvalue weighted by atomic mass is 10.1. The Kier molecular flexibility index (Phi) is 5.92. The van der Waals surface area contributed by atoms with Crippen molar-refractivity contribution in [2.45, 2.75) is 19.4 Å². The van der Waals surface area contributed by atoms with E-state index < -0.39 is 0 Å². The van der Waals surface area contributed by atoms with Crippen LogP contribution in [0.4, 0.5) is 0 Å². The normalized spacial score (nSPS) is 10.5. The van der Waals surface area contributed by atoms with Gasteiger partial charge in [-0.25, -0.2) is 0 Å². The lowest BCUT2D eigenvalue weighted by molar-refractivity contribution is -0.145. The van der Waals surface area contributed by atoms with Crippen molar-refractivity contribution in [3.63, 3.8) is 0 Å². The number of para-hydroxylation sites is 1. The van der Waals surface area contributed by atoms with Gasteiger partial charge in [-0.1, -0.05) is 47.1 Å². The Bertz CT molecular complexity index is 891. The Balaban J connectivity index is 1.55. The van der Waals surface area contributed by atoms with Crippen molar-refractivity contribution in [2.75, 3.05) is 7.11 Å². The quantitative estimate of drug-likeness (QED) is 0.564. The molecule has 6 heteroatoms. The summed E-state index contributed by atoms with van der Waals surface area (Å²) in [7, 11) is 1.60. The third kappa shape index (κ3) is 4.43. The number of ether oxygens (including phenoxy) is 2. The molecule has 0 fully saturated rings. The zero-order chi connectivity index (χ0) is 18.4. The van der Waals surface area contributed by atoms with E-state index in [9.17, 15) is 4.79 Å². The van der Waals surface area contributed by atoms with Crippen LogP contribution in [0.2, 0.25) is 5.02 Å². The van der Waals surface area contributed by atoms with Crippen molar-refractivity contribution in [2.24, 2.45) is 0 Å². The zero-order valence-electron chi connectivity index (χ0n) is 14.3. The predicted molar refractivity (Wildman–Crippen MR) is 98.1 cm³/mol. The first-order valence-corrected chi connectivity index (χ1v) is 8.53. The van der Waals surface area contributed by atoms with Gasteiger partial charge < -0.3 is 14.0 Å². The van der Waals surface area contributed by atoms with Gasteiger partial charge >= 0.3 is 5.97 Å². The second-order valence-corrected chi connectivity index (χ2v) is 6.04. The van der Waals surface area contributed by atoms with Crippen LogP contribution in [0.5, 0.6) is 5.75 Å². The largest absolute Gasteiger partial charge is 0.496 e. The number of carbonyl (C=O) groups is 1. The molecule has 0 saturated heterocycles. The van der Waals surface area contributed by atoms with E-state index in [-0.39, 0.29) is 19.0 Å². The Morgan fingerprint density at radius 2 is 1.92 bits per heavy atom. The number of esters is 1. The van der Waals surface area contributed by atoms with Gasteiger partial charge in [0.15, 0.2) is 12.4 Å². The van der Waals surface area contributed by atoms with E-state index in [2.05, 4.69) is 5.16 Å². The number of carbonyl (C=O) groups excluding carboxylic acids is 1. The minimum Gasteiger partial charge on any atom is -0.496 e. The highest BCUT2D eigenvalue weighted by Gasteiger charge is 2.13. The average molecular weight is 372 g/mol. The van der Waals surface area contributed by atoms with Crippen LogP contribution in [-0.4, -0.2) is 18.2 Å². The van der Waals surface area contributed by atoms with Crippen LogP contribution >= 0.6 is 11.6 Å². The van der Waals surface area contributed by atoms with E-state index in [0.29, 0.717) is 28.6 Å². The van der Waals surface area contributed by atoms with Crippen molar-refractivity contribution < 1.29 is 18.8 Å². The van der Waals surface area contributed by atoms with E-state index in [1.54, 1.807) is 19.2 Å². The summed E-state index contributed by atoms with van der Waals surface area (Å²) in [6, 6.07) is 16.7. The molecular formula is C20H18ClNO4. The molecule has 0 amide bonds. The molecule has 3 rings (SSSR count). The fourth-order valence-electron chi connectivity index (χ4n) is 2.53. The van der Waals surface area contributed by atoms with Crippen LogP contribution in [0, 0.1) is 0 Å². The third-order valence-electron chi connectivity index (χ3n) is 3.87. The Labute approximate surface area is 156 Å². The SMILES string of the molecule is COc1ccccc1-c1cc(COC(=O)CCc2ccccc2Cl)on1. The summed E-state index contributed by atoms with van der Waals surface area (Å²) < 4.78 is 15.8. The highest BCUT2D eigenvalue weighted by molar-refractivity contribution is 6.31. The molecule has 0 aliphatic carbocycles. The number of rotatable bonds is 7. The highest BCUT2D eigenvalue weighted by Crippen LogP contribution is 2.29. The molecule has 0 N–H and O–H groups in total. The lowest BCUT2D eigenvalue weighted by Gasteiger charge is -2.04. The van der Waals surface area contributed by atoms with Crippen LogP contribution in [0.1, 0.15) is 17.7 Å². The number of hydrogen-bond donors (Lipinski definition) is 0. The van der Waals surface area contributed by atoms with Gasteiger partial charge in [-0.05, 0) is 30.2 Å². The number of hydrogen-bond acceptors (Lipinski definition) is 5. The van der Waals surface area contributed by atoms with E-state index in [4.69, 9.17) is 25.6 Å². The monoisotopic (exact) mass is 371 g/mol. The highest BCUT2D eigenvalue weighted by atomic mass is 35.5. The van der Waals surface area contributed by atoms with Gasteiger partial charge in [0.05, 0.1) is 7.11 Å². The zero-order valence-corrected chi connectivity index (χ0v) is 15.0. The molecule has 0 unspecified atom stereocenters. The fraction of sp³-hybridized carbons (Fsp3) is 0.200. The van der Waals surface area contributed by atoms with E-state index in [1.807, 2.05) is 42.5 Å². The Hall–Kier alpha value is -2.79. The van der Waals surface area contributed by atoms with E-state index in [1.165, 1.54) is 0 Å². The molecule has 0 aliphatic heterocycles. The number of halogens is 1. The molecule has 0 aliphatic rings. The molecular weight excluding hydrogens is 354 g/mol. The van der Waals surface area contributed by atoms with Gasteiger partial charge in [0, 0.05) is 23.1 Å². The Morgan fingerprint density at radius 3 is 2.73 bits per heavy atom. The van der Waals surface area contributed by atoms with Crippen LogP contribution in [-0.2, 0) is 22.6 Å². The minimum atomic E-state index is -0.319. The van der Waals surface area contributed by atoms with Crippen LogP contribution < -0.4 is 4.74 Å². The van der Waals surface area contributed by atoms with Crippen LogP contribution in [0.15, 0.2) is 59.1 Å². The van der Waals surface area contributed by atoms with Crippen molar-refractivity contribution in [1.29, 1.82) is 0 Å². The number of nitrogens with zero attached hydrogens (tertiary/aromatic N) is 1. The summed E-state index contributed by atoms with van der Waals surface area (Å²) in [5.74, 6) is 0.848. The van der Waals surface area contributed by atoms with Gasteiger partial charge in [0.25, 0.3) is 0 Å². The number of aryl methyl sites for hydroxylation is 1. The van der Waals surface area contributed by atoms with Crippen molar-refractivity contribution in [3.05, 3.63) is 70.9 Å². The minimum absolute atomic E-state index is 0.0313. The van der Waals surface area contributed by atoms with Gasteiger partial charge in [-0.2, -0.15) is 0 Å². The fourth-order valence-corrected chi connectivity index (χ4v) is 2.76. The average Bonchev–Trinajstić information content (AvgIpc) is 3.14. The first kappa shape index (κ1) is 18.0. The molecule has 0 saturated carbocycles. The smallest absolute Gasteiger partial charge is 0.306 e. The second-order valence-electron chi connectivity index (χ2n) is 5.63. The molecule has 1 heterocycles. The van der Waals surface area contributed by atoms with Crippen LogP contribution in [0.3, 0.4) is 0 Å². The van der Waals surface area contributed by atoms with E-state index >= 15 is 0 Å². The maximum Gasteiger partial charge on any atom is 0.306 e. The predicted octanol–water partition coefficient (Wildman–Crippen LogP) is 4.68. The first-order chi connectivity index (χ1) is 12.7. The summed E-state index contributed by atoms with van der Waals surface area (Å²) in [6.07, 6.45) is 0.776. The summed E-state index contributed by atoms with van der Waals surface area (Å²) >= 11 is 6.08. The second kappa shape index (κ2) is 8.54. The molecule has 0 bridgehead atoms. The standard InChI is InChI=1S/C20H18ClNO4/c1-24-19-9-5-3-7-16(19)18-12-15(26-22-18)13-25-20(23)11-10-14-6-2-4-8-17(14)21/h2-9,12H,10-11,13H2,1H3. The van der Waals surface area contributed by atoms with Gasteiger partial charge in [0.2, 0.25) is 0 Å². The van der Waals surface area contributed by atoms with Gasteiger partial charge in [-0.15, -0.1) is 0 Å². The molecule has 26 heavy (non-hydrogen) atoms. The van der Waals surface area contributed by atoms with Crippen molar-refractivity contribution in [1.82, 2.24) is 5.16 Å². The van der Waals surface area contributed by atoms with Crippen molar-refractivity contribution >= 4 is 17.6 Å². The molecule has 5 nitrogen and oxygen atoms in total. The maximum atomic E-state index is 11.9. The molecule has 0 radical (unpaired) electrons. The summed E-state index contributed by atoms with van der Waals surface area (Å²) in [6.45, 7) is 0.0313. The summed E-state index contributed by atoms with van der Waals surface area (Å²) in [4.78, 5) is 11.9. The number of aromatic nitrogens is 1. The van der Waals surface area contributed by atoms with Crippen molar-refractivity contribution in [3.8, 4) is 17.0 Å². The number of methoxy groups -OCH3 is 1. The molecule has 3 aromatic rings. The summed E-state index contributed by atoms with van der Waals surface area (Å²) in [5.41, 5.74) is 2.36. The van der Waals surface area contributed by atoms with Gasteiger partial charge in [0.1, 0.15) is 11.4 Å². The van der Waals surface area contributed by atoms with Gasteiger partial charge in [-0.3, -0.25) is 4.79 Å². The maximum absolute atomic E-state index is 11.9. The number of benzene rings is 2. The first-order valence-electron chi connectivity index (χ1n) is 8.15. The summed E-state index contributed by atoms with van der Waals surface area (Å²) in [5, 5.41) is 4.66. The van der Waals surface area contributed by atoms with Crippen LogP contribution in [0.25, 0.3) is 11.3 Å².